The molecule has 37 heavy (non-hydrogen) atoms. The molecule has 11 heteroatoms. The predicted octanol–water partition coefficient (Wildman–Crippen LogP) is 4.90. The lowest BCUT2D eigenvalue weighted by Crippen LogP contribution is -2.55. The van der Waals surface area contributed by atoms with Crippen molar-refractivity contribution in [1.29, 1.82) is 5.26 Å². The molecule has 3 N–H and O–H groups in total. The van der Waals surface area contributed by atoms with Gasteiger partial charge in [-0.3, -0.25) is 4.98 Å². The minimum Gasteiger partial charge on any atom is -0.454 e. The highest BCUT2D eigenvalue weighted by Gasteiger charge is 2.29. The number of hydrogen-bond donors (Lipinski definition) is 3. The van der Waals surface area contributed by atoms with Crippen molar-refractivity contribution in [2.75, 3.05) is 5.01 Å². The van der Waals surface area contributed by atoms with Gasteiger partial charge in [0.1, 0.15) is 11.8 Å². The molecular weight excluding hydrogens is 515 g/mol. The molecule has 0 aliphatic carbocycles. The zero-order chi connectivity index (χ0) is 26.3. The largest absolute Gasteiger partial charge is 0.454 e. The van der Waals surface area contributed by atoms with Crippen LogP contribution < -0.4 is 15.1 Å². The summed E-state index contributed by atoms with van der Waals surface area (Å²) < 4.78 is 6.03. The minimum absolute atomic E-state index is 0.158. The molecule has 0 spiro atoms. The molecule has 9 nitrogen and oxygen atoms in total. The number of aryl methyl sites for hydroxylation is 2. The fourth-order valence-corrected chi connectivity index (χ4v) is 4.43. The first kappa shape index (κ1) is 24.9. The zero-order valence-corrected chi connectivity index (χ0v) is 21.2. The number of anilines is 1. The first-order chi connectivity index (χ1) is 17.7. The highest BCUT2D eigenvalue weighted by Crippen LogP contribution is 2.41. The number of nitriles is 1. The number of halogens is 2. The topological polar surface area (TPSA) is 127 Å². The van der Waals surface area contributed by atoms with E-state index in [1.165, 1.54) is 12.1 Å². The molecule has 0 radical (unpaired) electrons. The Morgan fingerprint density at radius 1 is 1.03 bits per heavy atom. The van der Waals surface area contributed by atoms with E-state index in [0.717, 1.165) is 38.4 Å². The molecule has 4 aromatic rings. The lowest BCUT2D eigenvalue weighted by atomic mass is 10.1. The predicted molar refractivity (Wildman–Crippen MR) is 142 cm³/mol. The van der Waals surface area contributed by atoms with Gasteiger partial charge in [-0.1, -0.05) is 29.3 Å². The number of hydrogen-bond acceptors (Lipinski definition) is 9. The van der Waals surface area contributed by atoms with E-state index < -0.39 is 12.6 Å². The summed E-state index contributed by atoms with van der Waals surface area (Å²) >= 11 is 13.0. The quantitative estimate of drug-likeness (QED) is 0.337. The van der Waals surface area contributed by atoms with Crippen LogP contribution in [-0.2, 0) is 0 Å². The molecule has 0 bridgehead atoms. The van der Waals surface area contributed by atoms with Crippen LogP contribution in [0.1, 0.15) is 11.1 Å². The van der Waals surface area contributed by atoms with Crippen LogP contribution in [-0.4, -0.2) is 38.5 Å². The van der Waals surface area contributed by atoms with Crippen molar-refractivity contribution in [1.82, 2.24) is 15.3 Å². The van der Waals surface area contributed by atoms with Crippen molar-refractivity contribution in [3.05, 3.63) is 75.9 Å². The third-order valence-corrected chi connectivity index (χ3v) is 6.32. The second-order valence-electron chi connectivity index (χ2n) is 8.45. The van der Waals surface area contributed by atoms with E-state index >= 15 is 0 Å². The van der Waals surface area contributed by atoms with Gasteiger partial charge in [0.2, 0.25) is 6.35 Å². The molecular formula is C26H20Cl2N6O3. The Kier molecular flexibility index (Phi) is 6.69. The number of benzene rings is 2. The van der Waals surface area contributed by atoms with Crippen molar-refractivity contribution >= 4 is 45.5 Å². The summed E-state index contributed by atoms with van der Waals surface area (Å²) in [5.74, 6) is 0.712. The van der Waals surface area contributed by atoms with E-state index in [-0.39, 0.29) is 27.2 Å². The first-order valence-electron chi connectivity index (χ1n) is 11.1. The van der Waals surface area contributed by atoms with Gasteiger partial charge < -0.3 is 14.9 Å². The number of aliphatic hydroxyl groups is 2. The van der Waals surface area contributed by atoms with Gasteiger partial charge in [-0.25, -0.2) is 15.3 Å². The van der Waals surface area contributed by atoms with E-state index in [4.69, 9.17) is 38.2 Å². The number of aliphatic hydroxyl groups excluding tert-OH is 2. The Hall–Kier alpha value is -3.78. The summed E-state index contributed by atoms with van der Waals surface area (Å²) in [7, 11) is 0. The molecule has 5 rings (SSSR count). The van der Waals surface area contributed by atoms with Gasteiger partial charge in [0.05, 0.1) is 32.6 Å². The van der Waals surface area contributed by atoms with Gasteiger partial charge in [-0.15, -0.1) is 0 Å². The molecule has 2 unspecified atom stereocenters. The molecule has 1 aliphatic rings. The monoisotopic (exact) mass is 534 g/mol. The molecule has 0 amide bonds. The Morgan fingerprint density at radius 2 is 1.78 bits per heavy atom. The smallest absolute Gasteiger partial charge is 0.206 e. The summed E-state index contributed by atoms with van der Waals surface area (Å²) in [5.41, 5.74) is 4.51. The fraction of sp³-hybridized carbons (Fsp3) is 0.154. The zero-order valence-electron chi connectivity index (χ0n) is 19.6. The molecule has 1 aliphatic heterocycles. The molecule has 0 fully saturated rings. The van der Waals surface area contributed by atoms with Crippen LogP contribution in [0.3, 0.4) is 0 Å². The van der Waals surface area contributed by atoms with Crippen LogP contribution in [0.4, 0.5) is 5.69 Å². The van der Waals surface area contributed by atoms with Crippen LogP contribution in [0.15, 0.2) is 59.8 Å². The Labute approximate surface area is 222 Å². The number of nitrogens with zero attached hydrogens (tertiary/aromatic N) is 5. The van der Waals surface area contributed by atoms with Crippen LogP contribution in [0.5, 0.6) is 11.5 Å². The lowest BCUT2D eigenvalue weighted by molar-refractivity contribution is 0.0631. The number of hydrazone groups is 1. The number of aromatic nitrogens is 2. The summed E-state index contributed by atoms with van der Waals surface area (Å²) in [6, 6.07) is 16.1. The number of fused-ring (bicyclic) bond motifs is 1. The SMILES string of the molecule is Cc1ccc(-c2cc(C)c3cc(Oc4c(Cl)cc(N5N=C(C#N)C(O)NC5O)cc4Cl)ccc3n2)nc1. The standard InChI is InChI=1S/C26H20Cl2N6O3/c1-13-3-5-21(30-12-13)22-7-14(2)17-10-16(4-6-20(17)31-22)37-24-18(27)8-15(9-19(24)28)34-26(36)32-25(35)23(11-29)33-34/h3-10,12,25-26,32,35-36H,1-2H3. The van der Waals surface area contributed by atoms with Crippen molar-refractivity contribution in [2.45, 2.75) is 26.4 Å². The molecule has 2 aromatic carbocycles. The lowest BCUT2D eigenvalue weighted by Gasteiger charge is -2.32. The number of ether oxygens (including phenoxy) is 1. The Morgan fingerprint density at radius 3 is 2.46 bits per heavy atom. The van der Waals surface area contributed by atoms with Crippen molar-refractivity contribution in [2.24, 2.45) is 5.10 Å². The van der Waals surface area contributed by atoms with Gasteiger partial charge in [0.25, 0.3) is 0 Å². The van der Waals surface area contributed by atoms with Crippen molar-refractivity contribution in [3.8, 4) is 29.0 Å². The van der Waals surface area contributed by atoms with Gasteiger partial charge in [0.15, 0.2) is 17.7 Å². The average molecular weight is 535 g/mol. The van der Waals surface area contributed by atoms with Crippen LogP contribution in [0.25, 0.3) is 22.3 Å². The molecule has 2 aromatic heterocycles. The minimum atomic E-state index is -1.40. The maximum Gasteiger partial charge on any atom is 0.206 e. The van der Waals surface area contributed by atoms with Gasteiger partial charge in [0, 0.05) is 11.6 Å². The normalized spacial score (nSPS) is 17.4. The second kappa shape index (κ2) is 9.94. The van der Waals surface area contributed by atoms with Crippen molar-refractivity contribution in [3.63, 3.8) is 0 Å². The van der Waals surface area contributed by atoms with Crippen LogP contribution in [0.2, 0.25) is 10.0 Å². The molecule has 0 saturated carbocycles. The van der Waals surface area contributed by atoms with E-state index in [2.05, 4.69) is 15.4 Å². The molecule has 186 valence electrons. The average Bonchev–Trinajstić information content (AvgIpc) is 2.87. The third kappa shape index (κ3) is 4.93. The fourth-order valence-electron chi connectivity index (χ4n) is 3.88. The highest BCUT2D eigenvalue weighted by atomic mass is 35.5. The van der Waals surface area contributed by atoms with E-state index in [1.54, 1.807) is 12.1 Å². The molecule has 3 heterocycles. The third-order valence-electron chi connectivity index (χ3n) is 5.76. The van der Waals surface area contributed by atoms with E-state index in [9.17, 15) is 10.2 Å². The van der Waals surface area contributed by atoms with Crippen LogP contribution >= 0.6 is 23.2 Å². The maximum absolute atomic E-state index is 10.2. The Bertz CT molecular complexity index is 1560. The van der Waals surface area contributed by atoms with Crippen LogP contribution in [0, 0.1) is 25.2 Å². The van der Waals surface area contributed by atoms with Crippen molar-refractivity contribution < 1.29 is 14.9 Å². The second-order valence-corrected chi connectivity index (χ2v) is 9.26. The maximum atomic E-state index is 10.2. The first-order valence-corrected chi connectivity index (χ1v) is 11.9. The van der Waals surface area contributed by atoms with E-state index in [1.807, 2.05) is 50.4 Å². The van der Waals surface area contributed by atoms with E-state index in [0.29, 0.717) is 5.75 Å². The Balaban J connectivity index is 1.45. The van der Waals surface area contributed by atoms with Gasteiger partial charge in [-0.2, -0.15) is 10.4 Å². The summed E-state index contributed by atoms with van der Waals surface area (Å²) in [4.78, 5) is 9.22. The summed E-state index contributed by atoms with van der Waals surface area (Å²) in [5, 5.41) is 37.8. The van der Waals surface area contributed by atoms with Gasteiger partial charge in [-0.05, 0) is 67.4 Å². The number of pyridine rings is 2. The number of rotatable bonds is 4. The highest BCUT2D eigenvalue weighted by molar-refractivity contribution is 6.37. The summed E-state index contributed by atoms with van der Waals surface area (Å²) in [6.07, 6.45) is -0.978. The summed E-state index contributed by atoms with van der Waals surface area (Å²) in [6.45, 7) is 3.98. The van der Waals surface area contributed by atoms with Gasteiger partial charge >= 0.3 is 0 Å². The molecule has 2 atom stereocenters. The number of nitrogens with one attached hydrogen (secondary N) is 1. The molecule has 0 saturated heterocycles.